The van der Waals surface area contributed by atoms with Gasteiger partial charge < -0.3 is 30.2 Å². The Morgan fingerprint density at radius 2 is 1.61 bits per heavy atom. The molecule has 4 aromatic carbocycles. The minimum absolute atomic E-state index is 0.0448. The van der Waals surface area contributed by atoms with Crippen LogP contribution >= 0.6 is 11.8 Å². The highest BCUT2D eigenvalue weighted by atomic mass is 32.2. The number of amides is 3. The molecule has 8 rings (SSSR count). The number of likely N-dealkylation sites (N-methyl/N-ethyl adjacent to an activating group) is 1. The number of alkyl carbamates (subject to hydrolysis) is 1. The van der Waals surface area contributed by atoms with E-state index in [1.54, 1.807) is 16.7 Å². The van der Waals surface area contributed by atoms with E-state index in [1.807, 2.05) is 74.3 Å². The molecule has 0 spiro atoms. The molecule has 59 heavy (non-hydrogen) atoms. The van der Waals surface area contributed by atoms with Crippen LogP contribution in [0.3, 0.4) is 0 Å². The molecule has 1 aromatic heterocycles. The fraction of sp³-hybridized carbons (Fsp3) is 0.370. The first-order chi connectivity index (χ1) is 28.6. The molecule has 2 fully saturated rings. The molecular weight excluding hydrogens is 761 g/mol. The van der Waals surface area contributed by atoms with Gasteiger partial charge in [0, 0.05) is 18.8 Å². The van der Waals surface area contributed by atoms with E-state index in [0.29, 0.717) is 18.9 Å². The lowest BCUT2D eigenvalue weighted by Crippen LogP contribution is -2.51. The molecule has 3 amide bonds. The summed E-state index contributed by atoms with van der Waals surface area (Å²) in [6, 6.07) is 30.6. The highest BCUT2D eigenvalue weighted by Gasteiger charge is 2.40. The fourth-order valence-corrected chi connectivity index (χ4v) is 9.72. The summed E-state index contributed by atoms with van der Waals surface area (Å²) < 4.78 is 4.77. The zero-order valence-corrected chi connectivity index (χ0v) is 35.0. The van der Waals surface area contributed by atoms with Crippen molar-refractivity contribution in [2.24, 2.45) is 10.9 Å². The first kappa shape index (κ1) is 40.1. The van der Waals surface area contributed by atoms with Crippen molar-refractivity contribution >= 4 is 46.3 Å². The maximum atomic E-state index is 14.0. The van der Waals surface area contributed by atoms with Gasteiger partial charge in [0.05, 0.1) is 37.6 Å². The number of nitrogens with one attached hydrogen (secondary N) is 3. The Morgan fingerprint density at radius 1 is 0.881 bits per heavy atom. The number of aromatic amines is 1. The van der Waals surface area contributed by atoms with Crippen LogP contribution in [0.4, 0.5) is 4.79 Å². The third kappa shape index (κ3) is 8.31. The normalized spacial score (nSPS) is 20.2. The molecule has 0 bridgehead atoms. The Bertz CT molecular complexity index is 2350. The number of imidazole rings is 1. The number of ether oxygens (including phenoxy) is 1. The van der Waals surface area contributed by atoms with Gasteiger partial charge in [0.15, 0.2) is 0 Å². The number of amidine groups is 1. The zero-order chi connectivity index (χ0) is 41.2. The molecule has 4 heterocycles. The van der Waals surface area contributed by atoms with Gasteiger partial charge in [0.1, 0.15) is 29.1 Å². The van der Waals surface area contributed by atoms with Gasteiger partial charge in [-0.3, -0.25) is 19.5 Å². The molecule has 0 aliphatic carbocycles. The second kappa shape index (κ2) is 17.3. The number of hydrogen-bond acceptors (Lipinski definition) is 9. The quantitative estimate of drug-likeness (QED) is 0.128. The monoisotopic (exact) mass is 812 g/mol. The van der Waals surface area contributed by atoms with Gasteiger partial charge in [-0.05, 0) is 83.6 Å². The van der Waals surface area contributed by atoms with Crippen LogP contribution in [-0.2, 0) is 14.3 Å². The summed E-state index contributed by atoms with van der Waals surface area (Å²) in [5.41, 5.74) is 6.28. The topological polar surface area (TPSA) is 135 Å². The molecular formula is C46H52N8O4S. The highest BCUT2D eigenvalue weighted by Crippen LogP contribution is 2.38. The Morgan fingerprint density at radius 3 is 2.36 bits per heavy atom. The predicted molar refractivity (Wildman–Crippen MR) is 234 cm³/mol. The lowest BCUT2D eigenvalue weighted by Gasteiger charge is -2.32. The number of carbonyl (C=O) groups excluding carboxylic acids is 3. The van der Waals surface area contributed by atoms with Gasteiger partial charge in [0.25, 0.3) is 0 Å². The highest BCUT2D eigenvalue weighted by molar-refractivity contribution is 7.99. The number of hydrogen-bond donors (Lipinski definition) is 3. The number of carbonyl (C=O) groups is 3. The van der Waals surface area contributed by atoms with Gasteiger partial charge in [-0.25, -0.2) is 9.78 Å². The molecule has 13 heteroatoms. The van der Waals surface area contributed by atoms with Crippen molar-refractivity contribution in [1.29, 1.82) is 0 Å². The second-order valence-corrected chi connectivity index (χ2v) is 17.3. The summed E-state index contributed by atoms with van der Waals surface area (Å²) in [7, 11) is 5.23. The number of aliphatic imine (C=N–C) groups is 1. The zero-order valence-electron chi connectivity index (χ0n) is 34.2. The van der Waals surface area contributed by atoms with Gasteiger partial charge in [-0.15, -0.1) is 11.8 Å². The minimum atomic E-state index is -0.690. The summed E-state index contributed by atoms with van der Waals surface area (Å²) >= 11 is 1.65. The molecule has 1 unspecified atom stereocenters. The summed E-state index contributed by atoms with van der Waals surface area (Å²) in [5.74, 6) is 2.27. The molecule has 306 valence electrons. The van der Waals surface area contributed by atoms with Crippen molar-refractivity contribution in [3.8, 4) is 22.4 Å². The van der Waals surface area contributed by atoms with E-state index in [2.05, 4.69) is 81.3 Å². The van der Waals surface area contributed by atoms with E-state index >= 15 is 0 Å². The average molecular weight is 813 g/mol. The van der Waals surface area contributed by atoms with Crippen LogP contribution in [0.1, 0.15) is 61.1 Å². The molecule has 0 saturated carbocycles. The van der Waals surface area contributed by atoms with Crippen LogP contribution in [0, 0.1) is 5.92 Å². The summed E-state index contributed by atoms with van der Waals surface area (Å²) in [4.78, 5) is 58.4. The Labute approximate surface area is 349 Å². The van der Waals surface area contributed by atoms with E-state index in [-0.39, 0.29) is 41.2 Å². The smallest absolute Gasteiger partial charge is 0.407 e. The lowest BCUT2D eigenvalue weighted by molar-refractivity contribution is -0.136. The molecule has 0 radical (unpaired) electrons. The number of methoxy groups -OCH3 is 1. The third-order valence-electron chi connectivity index (χ3n) is 11.7. The van der Waals surface area contributed by atoms with Crippen LogP contribution in [0.15, 0.2) is 102 Å². The number of fused-ring (bicyclic) bond motifs is 1. The average Bonchev–Trinajstić information content (AvgIpc) is 4.09. The maximum Gasteiger partial charge on any atom is 0.407 e. The van der Waals surface area contributed by atoms with E-state index in [0.717, 1.165) is 69.7 Å². The Hall–Kier alpha value is -5.66. The third-order valence-corrected chi connectivity index (χ3v) is 12.9. The van der Waals surface area contributed by atoms with E-state index < -0.39 is 12.1 Å². The van der Waals surface area contributed by atoms with Crippen LogP contribution in [-0.4, -0.2) is 107 Å². The van der Waals surface area contributed by atoms with E-state index in [9.17, 15) is 14.4 Å². The molecule has 3 N–H and O–H groups in total. The fourth-order valence-electron chi connectivity index (χ4n) is 8.53. The number of rotatable bonds is 11. The SMILES string of the molecule is COC(=O)N[C@H](C(=O)N1CCS[C@H]1c1ncc(-c2ccc(-c3ccc4cc(C5CN=C([C@@H]6CCCN6C(=O)[C@@H](c6ccccc6)N(C)C)N5)ccc4c3)cc2)[nH]1)C(C)C. The van der Waals surface area contributed by atoms with E-state index in [1.165, 1.54) is 12.7 Å². The first-order valence-corrected chi connectivity index (χ1v) is 21.4. The van der Waals surface area contributed by atoms with Gasteiger partial charge >= 0.3 is 6.09 Å². The van der Waals surface area contributed by atoms with Crippen molar-refractivity contribution in [1.82, 2.24) is 35.3 Å². The van der Waals surface area contributed by atoms with E-state index in [4.69, 9.17) is 9.73 Å². The Balaban J connectivity index is 0.914. The van der Waals surface area contributed by atoms with Crippen molar-refractivity contribution in [2.75, 3.05) is 46.6 Å². The molecule has 3 aliphatic heterocycles. The van der Waals surface area contributed by atoms with Crippen molar-refractivity contribution < 1.29 is 19.1 Å². The minimum Gasteiger partial charge on any atom is -0.453 e. The molecule has 5 aromatic rings. The van der Waals surface area contributed by atoms with Gasteiger partial charge in [-0.2, -0.15) is 0 Å². The number of aromatic nitrogens is 2. The number of benzene rings is 4. The van der Waals surface area contributed by atoms with Crippen molar-refractivity contribution in [3.63, 3.8) is 0 Å². The largest absolute Gasteiger partial charge is 0.453 e. The number of thioether (sulfide) groups is 1. The lowest BCUT2D eigenvalue weighted by atomic mass is 9.97. The van der Waals surface area contributed by atoms with Crippen LogP contribution in [0.5, 0.6) is 0 Å². The van der Waals surface area contributed by atoms with Crippen LogP contribution < -0.4 is 10.6 Å². The maximum absolute atomic E-state index is 14.0. The van der Waals surface area contributed by atoms with Crippen molar-refractivity contribution in [2.45, 2.75) is 56.2 Å². The molecule has 5 atom stereocenters. The number of likely N-dealkylation sites (tertiary alicyclic amines) is 1. The van der Waals surface area contributed by atoms with Gasteiger partial charge in [0.2, 0.25) is 11.8 Å². The summed E-state index contributed by atoms with van der Waals surface area (Å²) in [6.45, 7) is 5.76. The Kier molecular flexibility index (Phi) is 11.8. The van der Waals surface area contributed by atoms with Crippen LogP contribution in [0.25, 0.3) is 33.2 Å². The van der Waals surface area contributed by atoms with Crippen molar-refractivity contribution in [3.05, 3.63) is 114 Å². The van der Waals surface area contributed by atoms with Gasteiger partial charge in [-0.1, -0.05) is 92.7 Å². The number of H-pyrrole nitrogens is 1. The standard InChI is InChI=1S/C46H52N8O4S/c1-28(2)39(51-46(57)58-5)43(55)54-22-23-59-45(54)42-48-26-36(50-42)30-15-13-29(14-16-30)32-17-18-34-25-35(20-19-33(34)24-32)37-27-47-41(49-37)38-12-9-21-53(38)44(56)40(52(3)4)31-10-7-6-8-11-31/h6-8,10-11,13-20,24-26,28,37-40,45H,9,12,21-23,27H2,1-5H3,(H,47,49)(H,48,50)(H,51,57)/t37?,38-,39-,40+,45-/m0/s1. The first-order valence-electron chi connectivity index (χ1n) is 20.4. The molecule has 3 aliphatic rings. The molecule has 12 nitrogen and oxygen atoms in total. The second-order valence-electron chi connectivity index (χ2n) is 16.1. The summed E-state index contributed by atoms with van der Waals surface area (Å²) in [6.07, 6.45) is 3.06. The summed E-state index contributed by atoms with van der Waals surface area (Å²) in [5, 5.41) is 8.45. The van der Waals surface area contributed by atoms with Crippen LogP contribution in [0.2, 0.25) is 0 Å². The predicted octanol–water partition coefficient (Wildman–Crippen LogP) is 7.19. The molecule has 2 saturated heterocycles. The number of nitrogens with zero attached hydrogens (tertiary/aromatic N) is 5.